The Morgan fingerprint density at radius 3 is 2.35 bits per heavy atom. The predicted octanol–water partition coefficient (Wildman–Crippen LogP) is 4.10. The van der Waals surface area contributed by atoms with Crippen molar-refractivity contribution < 1.29 is 8.78 Å². The van der Waals surface area contributed by atoms with E-state index >= 15 is 0 Å². The maximum absolute atomic E-state index is 13.5. The standard InChI is InChI=1S/C16H16ClF2N3.HI/c1-20-16(21-9-11-4-2-3-5-14(11)17)22-10-12-8-13(18)6-7-15(12)19;/h2-8H,9-10H2,1H3,(H2,20,21,22);1H. The highest BCUT2D eigenvalue weighted by molar-refractivity contribution is 14.0. The van der Waals surface area contributed by atoms with E-state index in [-0.39, 0.29) is 36.1 Å². The summed E-state index contributed by atoms with van der Waals surface area (Å²) in [6.45, 7) is 0.608. The molecule has 0 radical (unpaired) electrons. The first-order valence-electron chi connectivity index (χ1n) is 6.72. The lowest BCUT2D eigenvalue weighted by Crippen LogP contribution is -2.36. The Balaban J connectivity index is 0.00000264. The summed E-state index contributed by atoms with van der Waals surface area (Å²) in [5, 5.41) is 6.66. The Morgan fingerprint density at radius 2 is 1.70 bits per heavy atom. The highest BCUT2D eigenvalue weighted by Gasteiger charge is 2.06. The Kier molecular flexibility index (Phi) is 8.25. The predicted molar refractivity (Wildman–Crippen MR) is 100 cm³/mol. The van der Waals surface area contributed by atoms with E-state index in [0.29, 0.717) is 17.5 Å². The van der Waals surface area contributed by atoms with E-state index < -0.39 is 11.6 Å². The molecule has 2 aromatic carbocycles. The smallest absolute Gasteiger partial charge is 0.191 e. The van der Waals surface area contributed by atoms with Crippen molar-refractivity contribution in [3.63, 3.8) is 0 Å². The van der Waals surface area contributed by atoms with E-state index in [4.69, 9.17) is 11.6 Å². The lowest BCUT2D eigenvalue weighted by molar-refractivity contribution is 0.581. The number of rotatable bonds is 4. The molecule has 0 aliphatic carbocycles. The summed E-state index contributed by atoms with van der Waals surface area (Å²) in [4.78, 5) is 4.04. The van der Waals surface area contributed by atoms with Crippen LogP contribution in [0.1, 0.15) is 11.1 Å². The van der Waals surface area contributed by atoms with Crippen LogP contribution in [-0.2, 0) is 13.1 Å². The van der Waals surface area contributed by atoms with Gasteiger partial charge in [-0.1, -0.05) is 29.8 Å². The van der Waals surface area contributed by atoms with Crippen LogP contribution in [-0.4, -0.2) is 13.0 Å². The second-order valence-electron chi connectivity index (χ2n) is 4.61. The monoisotopic (exact) mass is 451 g/mol. The zero-order valence-electron chi connectivity index (χ0n) is 12.4. The van der Waals surface area contributed by atoms with Crippen molar-refractivity contribution in [2.24, 2.45) is 4.99 Å². The average molecular weight is 452 g/mol. The summed E-state index contributed by atoms with van der Waals surface area (Å²) in [5.41, 5.74) is 1.16. The minimum absolute atomic E-state index is 0. The fourth-order valence-corrected chi connectivity index (χ4v) is 2.10. The van der Waals surface area contributed by atoms with Crippen molar-refractivity contribution in [1.29, 1.82) is 0 Å². The minimum Gasteiger partial charge on any atom is -0.352 e. The van der Waals surface area contributed by atoms with Crippen molar-refractivity contribution >= 4 is 41.5 Å². The van der Waals surface area contributed by atoms with E-state index in [1.54, 1.807) is 13.1 Å². The van der Waals surface area contributed by atoms with Crippen LogP contribution in [0, 0.1) is 11.6 Å². The lowest BCUT2D eigenvalue weighted by Gasteiger charge is -2.13. The summed E-state index contributed by atoms with van der Waals surface area (Å²) >= 11 is 6.07. The molecule has 0 aliphatic rings. The first kappa shape index (κ1) is 19.6. The topological polar surface area (TPSA) is 36.4 Å². The van der Waals surface area contributed by atoms with E-state index in [0.717, 1.165) is 23.8 Å². The van der Waals surface area contributed by atoms with Gasteiger partial charge in [0.25, 0.3) is 0 Å². The molecule has 0 atom stereocenters. The molecule has 3 nitrogen and oxygen atoms in total. The van der Waals surface area contributed by atoms with Crippen LogP contribution < -0.4 is 10.6 Å². The van der Waals surface area contributed by atoms with Gasteiger partial charge in [0.05, 0.1) is 0 Å². The van der Waals surface area contributed by atoms with Crippen molar-refractivity contribution in [1.82, 2.24) is 10.6 Å². The average Bonchev–Trinajstić information content (AvgIpc) is 2.52. The fraction of sp³-hybridized carbons (Fsp3) is 0.188. The number of hydrogen-bond donors (Lipinski definition) is 2. The van der Waals surface area contributed by atoms with Crippen LogP contribution in [0.3, 0.4) is 0 Å². The van der Waals surface area contributed by atoms with Crippen molar-refractivity contribution in [3.8, 4) is 0 Å². The Bertz CT molecular complexity index is 680. The summed E-state index contributed by atoms with van der Waals surface area (Å²) in [6.07, 6.45) is 0. The van der Waals surface area contributed by atoms with Gasteiger partial charge in [-0.2, -0.15) is 0 Å². The van der Waals surface area contributed by atoms with E-state index in [1.165, 1.54) is 0 Å². The van der Waals surface area contributed by atoms with Gasteiger partial charge in [-0.3, -0.25) is 4.99 Å². The van der Waals surface area contributed by atoms with Crippen molar-refractivity contribution in [2.75, 3.05) is 7.05 Å². The number of aliphatic imine (C=N–C) groups is 1. The summed E-state index contributed by atoms with van der Waals surface area (Å²) < 4.78 is 26.7. The molecule has 0 spiro atoms. The van der Waals surface area contributed by atoms with Gasteiger partial charge in [-0.15, -0.1) is 24.0 Å². The minimum atomic E-state index is -0.475. The molecule has 0 bridgehead atoms. The van der Waals surface area contributed by atoms with E-state index in [2.05, 4.69) is 15.6 Å². The van der Waals surface area contributed by atoms with E-state index in [9.17, 15) is 8.78 Å². The normalized spacial score (nSPS) is 10.9. The molecule has 0 fully saturated rings. The first-order valence-corrected chi connectivity index (χ1v) is 7.10. The van der Waals surface area contributed by atoms with Crippen LogP contribution in [0.5, 0.6) is 0 Å². The fourth-order valence-electron chi connectivity index (χ4n) is 1.90. The molecule has 0 aliphatic heterocycles. The number of hydrogen-bond acceptors (Lipinski definition) is 1. The van der Waals surface area contributed by atoms with Gasteiger partial charge in [0.2, 0.25) is 0 Å². The molecule has 124 valence electrons. The van der Waals surface area contributed by atoms with Gasteiger partial charge in [-0.05, 0) is 29.8 Å². The summed E-state index contributed by atoms with van der Waals surface area (Å²) in [6, 6.07) is 10.8. The van der Waals surface area contributed by atoms with Gasteiger partial charge in [0, 0.05) is 30.7 Å². The SMILES string of the molecule is CN=C(NCc1cc(F)ccc1F)NCc1ccccc1Cl.I. The van der Waals surface area contributed by atoms with Gasteiger partial charge in [-0.25, -0.2) is 8.78 Å². The van der Waals surface area contributed by atoms with Gasteiger partial charge < -0.3 is 10.6 Å². The number of guanidine groups is 1. The maximum atomic E-state index is 13.5. The summed E-state index contributed by atoms with van der Waals surface area (Å²) in [5.74, 6) is -0.462. The third-order valence-corrected chi connectivity index (χ3v) is 3.45. The summed E-state index contributed by atoms with van der Waals surface area (Å²) in [7, 11) is 1.60. The van der Waals surface area contributed by atoms with Gasteiger partial charge >= 0.3 is 0 Å². The van der Waals surface area contributed by atoms with Crippen LogP contribution in [0.25, 0.3) is 0 Å². The number of halogens is 4. The molecule has 23 heavy (non-hydrogen) atoms. The largest absolute Gasteiger partial charge is 0.352 e. The third kappa shape index (κ3) is 5.95. The van der Waals surface area contributed by atoms with Crippen LogP contribution in [0.4, 0.5) is 8.78 Å². The van der Waals surface area contributed by atoms with E-state index in [1.807, 2.05) is 18.2 Å². The molecule has 0 saturated carbocycles. The third-order valence-electron chi connectivity index (χ3n) is 3.08. The van der Waals surface area contributed by atoms with Crippen LogP contribution in [0.2, 0.25) is 5.02 Å². The maximum Gasteiger partial charge on any atom is 0.191 e. The lowest BCUT2D eigenvalue weighted by atomic mass is 10.2. The number of benzene rings is 2. The highest BCUT2D eigenvalue weighted by atomic mass is 127. The second-order valence-corrected chi connectivity index (χ2v) is 5.01. The molecule has 2 aromatic rings. The quantitative estimate of drug-likeness (QED) is 0.417. The molecule has 7 heteroatoms. The number of nitrogens with one attached hydrogen (secondary N) is 2. The number of nitrogens with zero attached hydrogens (tertiary/aromatic N) is 1. The first-order chi connectivity index (χ1) is 10.6. The Labute approximate surface area is 156 Å². The molecule has 0 aromatic heterocycles. The van der Waals surface area contributed by atoms with Crippen LogP contribution in [0.15, 0.2) is 47.5 Å². The van der Waals surface area contributed by atoms with Crippen LogP contribution >= 0.6 is 35.6 Å². The molecular formula is C16H17ClF2IN3. The zero-order chi connectivity index (χ0) is 15.9. The molecule has 0 saturated heterocycles. The van der Waals surface area contributed by atoms with Crippen molar-refractivity contribution in [3.05, 3.63) is 70.2 Å². The van der Waals surface area contributed by atoms with Gasteiger partial charge in [0.15, 0.2) is 5.96 Å². The molecule has 2 N–H and O–H groups in total. The highest BCUT2D eigenvalue weighted by Crippen LogP contribution is 2.14. The van der Waals surface area contributed by atoms with Crippen molar-refractivity contribution in [2.45, 2.75) is 13.1 Å². The zero-order valence-corrected chi connectivity index (χ0v) is 15.5. The molecule has 2 rings (SSSR count). The Morgan fingerprint density at radius 1 is 1.04 bits per heavy atom. The molecular weight excluding hydrogens is 435 g/mol. The molecule has 0 unspecified atom stereocenters. The molecule has 0 heterocycles. The second kappa shape index (κ2) is 9.67. The van der Waals surface area contributed by atoms with Gasteiger partial charge in [0.1, 0.15) is 11.6 Å². The Hall–Kier alpha value is -1.41. The molecule has 0 amide bonds.